The number of nitrogens with zero attached hydrogens (tertiary/aromatic N) is 1. The van der Waals surface area contributed by atoms with E-state index in [-0.39, 0.29) is 0 Å². The Hall–Kier alpha value is -3.52. The first-order valence-electron chi connectivity index (χ1n) is 9.15. The van der Waals surface area contributed by atoms with Crippen LogP contribution in [0.4, 0.5) is 0 Å². The maximum atomic E-state index is 6.22. The molecule has 27 heavy (non-hydrogen) atoms. The second-order valence-electron chi connectivity index (χ2n) is 6.64. The monoisotopic (exact) mass is 349 g/mol. The number of aromatic nitrogens is 1. The highest BCUT2D eigenvalue weighted by Gasteiger charge is 2.12. The topological polar surface area (TPSA) is 13.6 Å². The number of rotatable bonds is 4. The lowest BCUT2D eigenvalue weighted by molar-refractivity contribution is 0.310. The van der Waals surface area contributed by atoms with E-state index >= 15 is 0 Å². The third-order valence-corrected chi connectivity index (χ3v) is 4.91. The number of ether oxygens (including phenoxy) is 1. The fourth-order valence-electron chi connectivity index (χ4n) is 3.61. The molecule has 5 rings (SSSR count). The second kappa shape index (κ2) is 6.65. The van der Waals surface area contributed by atoms with E-state index in [4.69, 9.17) is 4.74 Å². The van der Waals surface area contributed by atoms with Crippen molar-refractivity contribution in [2.45, 2.75) is 6.61 Å². The van der Waals surface area contributed by atoms with Gasteiger partial charge in [-0.15, -0.1) is 0 Å². The van der Waals surface area contributed by atoms with Crippen LogP contribution in [-0.4, -0.2) is 4.40 Å². The molecule has 2 nitrogen and oxygen atoms in total. The molecule has 5 aromatic rings. The van der Waals surface area contributed by atoms with Crippen LogP contribution in [0, 0.1) is 0 Å². The van der Waals surface area contributed by atoms with E-state index in [1.807, 2.05) is 24.3 Å². The van der Waals surface area contributed by atoms with Gasteiger partial charge >= 0.3 is 0 Å². The minimum absolute atomic E-state index is 0.563. The average Bonchev–Trinajstić information content (AvgIpc) is 3.17. The van der Waals surface area contributed by atoms with Crippen LogP contribution in [0.15, 0.2) is 103 Å². The third kappa shape index (κ3) is 2.85. The molecule has 0 atom stereocenters. The zero-order valence-electron chi connectivity index (χ0n) is 14.9. The first-order chi connectivity index (χ1) is 13.4. The van der Waals surface area contributed by atoms with Crippen molar-refractivity contribution >= 4 is 16.4 Å². The number of hydrogen-bond acceptors (Lipinski definition) is 1. The molecule has 3 aromatic carbocycles. The van der Waals surface area contributed by atoms with Gasteiger partial charge in [0.2, 0.25) is 0 Å². The number of benzene rings is 3. The van der Waals surface area contributed by atoms with Gasteiger partial charge in [-0.05, 0) is 35.4 Å². The number of fused-ring (bicyclic) bond motifs is 3. The van der Waals surface area contributed by atoms with Gasteiger partial charge in [0.25, 0.3) is 0 Å². The van der Waals surface area contributed by atoms with Crippen molar-refractivity contribution in [3.05, 3.63) is 109 Å². The first kappa shape index (κ1) is 15.7. The van der Waals surface area contributed by atoms with Crippen LogP contribution in [0.25, 0.3) is 27.7 Å². The molecule has 0 spiro atoms. The predicted molar refractivity (Wildman–Crippen MR) is 111 cm³/mol. The smallest absolute Gasteiger partial charge is 0.131 e. The summed E-state index contributed by atoms with van der Waals surface area (Å²) in [5, 5.41) is 1.12. The molecule has 0 unspecified atom stereocenters. The van der Waals surface area contributed by atoms with Gasteiger partial charge in [-0.3, -0.25) is 0 Å². The highest BCUT2D eigenvalue weighted by molar-refractivity contribution is 5.91. The summed E-state index contributed by atoms with van der Waals surface area (Å²) < 4.78 is 8.52. The molecular formula is C25H19NO. The number of para-hydroxylation sites is 1. The van der Waals surface area contributed by atoms with E-state index in [1.54, 1.807) is 0 Å². The summed E-state index contributed by atoms with van der Waals surface area (Å²) in [7, 11) is 0. The fourth-order valence-corrected chi connectivity index (χ4v) is 3.61. The maximum absolute atomic E-state index is 6.22. The molecule has 0 N–H and O–H groups in total. The van der Waals surface area contributed by atoms with Gasteiger partial charge in [0.1, 0.15) is 12.4 Å². The molecule has 0 fully saturated rings. The average molecular weight is 349 g/mol. The largest absolute Gasteiger partial charge is 0.488 e. The Balaban J connectivity index is 1.65. The van der Waals surface area contributed by atoms with Crippen LogP contribution in [-0.2, 0) is 6.61 Å². The summed E-state index contributed by atoms with van der Waals surface area (Å²) in [5.41, 5.74) is 5.86. The van der Waals surface area contributed by atoms with Crippen molar-refractivity contribution in [2.75, 3.05) is 0 Å². The van der Waals surface area contributed by atoms with Crippen LogP contribution in [0.5, 0.6) is 5.75 Å². The van der Waals surface area contributed by atoms with Gasteiger partial charge in [-0.1, -0.05) is 72.8 Å². The van der Waals surface area contributed by atoms with Crippen LogP contribution < -0.4 is 4.74 Å². The summed E-state index contributed by atoms with van der Waals surface area (Å²) in [5.74, 6) is 0.916. The van der Waals surface area contributed by atoms with Gasteiger partial charge in [0, 0.05) is 17.0 Å². The minimum Gasteiger partial charge on any atom is -0.488 e. The lowest BCUT2D eigenvalue weighted by Gasteiger charge is -2.13. The molecule has 2 aromatic heterocycles. The van der Waals surface area contributed by atoms with E-state index in [2.05, 4.69) is 83.3 Å². The molecule has 130 valence electrons. The Morgan fingerprint density at radius 2 is 1.37 bits per heavy atom. The molecule has 2 heteroatoms. The Morgan fingerprint density at radius 1 is 0.667 bits per heavy atom. The van der Waals surface area contributed by atoms with Gasteiger partial charge in [0.15, 0.2) is 0 Å². The maximum Gasteiger partial charge on any atom is 0.131 e. The SMILES string of the molecule is c1ccc(COc2cc3ccc(-c4ccccc4)n3c3ccccc23)cc1. The summed E-state index contributed by atoms with van der Waals surface area (Å²) >= 11 is 0. The summed E-state index contributed by atoms with van der Waals surface area (Å²) in [6.07, 6.45) is 0. The highest BCUT2D eigenvalue weighted by atomic mass is 16.5. The lowest BCUT2D eigenvalue weighted by Crippen LogP contribution is -1.98. The number of hydrogen-bond donors (Lipinski definition) is 0. The molecule has 0 aliphatic heterocycles. The Kier molecular flexibility index (Phi) is 3.87. The molecule has 0 aliphatic rings. The molecule has 0 amide bonds. The van der Waals surface area contributed by atoms with E-state index in [1.165, 1.54) is 16.8 Å². The van der Waals surface area contributed by atoms with Crippen molar-refractivity contribution in [1.29, 1.82) is 0 Å². The van der Waals surface area contributed by atoms with Crippen molar-refractivity contribution < 1.29 is 4.74 Å². The second-order valence-corrected chi connectivity index (χ2v) is 6.64. The molecule has 0 saturated carbocycles. The zero-order valence-corrected chi connectivity index (χ0v) is 14.9. The van der Waals surface area contributed by atoms with Crippen molar-refractivity contribution in [1.82, 2.24) is 4.40 Å². The highest BCUT2D eigenvalue weighted by Crippen LogP contribution is 2.33. The van der Waals surface area contributed by atoms with Gasteiger partial charge in [0.05, 0.1) is 11.2 Å². The molecule has 2 heterocycles. The van der Waals surface area contributed by atoms with E-state index in [0.29, 0.717) is 6.61 Å². The number of pyridine rings is 1. The lowest BCUT2D eigenvalue weighted by atomic mass is 10.1. The Bertz CT molecular complexity index is 1210. The fraction of sp³-hybridized carbons (Fsp3) is 0.0400. The summed E-state index contributed by atoms with van der Waals surface area (Å²) in [6, 6.07) is 35.7. The normalized spacial score (nSPS) is 11.1. The van der Waals surface area contributed by atoms with Crippen LogP contribution >= 0.6 is 0 Å². The van der Waals surface area contributed by atoms with Crippen LogP contribution in [0.1, 0.15) is 5.56 Å². The minimum atomic E-state index is 0.563. The summed E-state index contributed by atoms with van der Waals surface area (Å²) in [4.78, 5) is 0. The van der Waals surface area contributed by atoms with Crippen molar-refractivity contribution in [3.8, 4) is 17.0 Å². The third-order valence-electron chi connectivity index (χ3n) is 4.91. The van der Waals surface area contributed by atoms with Gasteiger partial charge < -0.3 is 9.14 Å². The standard InChI is InChI=1S/C25H19NO/c1-3-9-19(10-4-1)18-27-25-17-21-15-16-23(20-11-5-2-6-12-20)26(21)24-14-8-7-13-22(24)25/h1-17H,18H2. The quantitative estimate of drug-likeness (QED) is 0.369. The van der Waals surface area contributed by atoms with Gasteiger partial charge in [-0.25, -0.2) is 0 Å². The molecule has 0 radical (unpaired) electrons. The summed E-state index contributed by atoms with van der Waals surface area (Å²) in [6.45, 7) is 0.563. The van der Waals surface area contributed by atoms with E-state index in [0.717, 1.165) is 22.2 Å². The molecule has 0 saturated heterocycles. The van der Waals surface area contributed by atoms with Gasteiger partial charge in [-0.2, -0.15) is 0 Å². The molecule has 0 aliphatic carbocycles. The zero-order chi connectivity index (χ0) is 18.1. The predicted octanol–water partition coefficient (Wildman–Crippen LogP) is 6.34. The Morgan fingerprint density at radius 3 is 2.19 bits per heavy atom. The van der Waals surface area contributed by atoms with E-state index < -0.39 is 0 Å². The van der Waals surface area contributed by atoms with Crippen molar-refractivity contribution in [3.63, 3.8) is 0 Å². The first-order valence-corrected chi connectivity index (χ1v) is 9.15. The molecule has 0 bridgehead atoms. The Labute approximate surface area is 158 Å². The van der Waals surface area contributed by atoms with E-state index in [9.17, 15) is 0 Å². The van der Waals surface area contributed by atoms with Crippen molar-refractivity contribution in [2.24, 2.45) is 0 Å². The van der Waals surface area contributed by atoms with Crippen LogP contribution in [0.3, 0.4) is 0 Å². The molecular weight excluding hydrogens is 330 g/mol. The van der Waals surface area contributed by atoms with Crippen LogP contribution in [0.2, 0.25) is 0 Å².